The van der Waals surface area contributed by atoms with E-state index in [1.165, 1.54) is 0 Å². The van der Waals surface area contributed by atoms with Gasteiger partial charge in [-0.15, -0.1) is 0 Å². The minimum absolute atomic E-state index is 0.0268. The van der Waals surface area contributed by atoms with E-state index in [1.807, 2.05) is 60.5 Å². The molecule has 0 spiro atoms. The number of carbonyl (C=O) groups excluding carboxylic acids is 2. The number of rotatable bonds is 4. The van der Waals surface area contributed by atoms with Crippen molar-refractivity contribution in [2.24, 2.45) is 0 Å². The molecule has 2 aromatic carbocycles. The molecule has 1 fully saturated rings. The quantitative estimate of drug-likeness (QED) is 0.827. The molecule has 2 aromatic rings. The summed E-state index contributed by atoms with van der Waals surface area (Å²) in [6, 6.07) is 19.7. The van der Waals surface area contributed by atoms with Crippen molar-refractivity contribution in [2.75, 3.05) is 20.1 Å². The number of hydrogen-bond acceptors (Lipinski definition) is 3. The first kappa shape index (κ1) is 19.0. The van der Waals surface area contributed by atoms with Gasteiger partial charge in [0.1, 0.15) is 6.61 Å². The molecule has 0 saturated carbocycles. The molecule has 0 radical (unpaired) electrons. The van der Waals surface area contributed by atoms with Crippen LogP contribution in [0.1, 0.15) is 30.9 Å². The number of ether oxygens (including phenoxy) is 1. The summed E-state index contributed by atoms with van der Waals surface area (Å²) in [5.74, 6) is 0.0268. The highest BCUT2D eigenvalue weighted by Crippen LogP contribution is 2.38. The molecule has 27 heavy (non-hydrogen) atoms. The van der Waals surface area contributed by atoms with Crippen LogP contribution in [0.3, 0.4) is 0 Å². The first-order chi connectivity index (χ1) is 13.0. The normalized spacial score (nSPS) is 15.9. The second-order valence-corrected chi connectivity index (χ2v) is 7.00. The van der Waals surface area contributed by atoms with Gasteiger partial charge in [-0.05, 0) is 24.0 Å². The Labute approximate surface area is 160 Å². The Morgan fingerprint density at radius 2 is 1.56 bits per heavy atom. The van der Waals surface area contributed by atoms with E-state index in [9.17, 15) is 9.59 Å². The van der Waals surface area contributed by atoms with Gasteiger partial charge in [0.2, 0.25) is 5.91 Å². The third-order valence-corrected chi connectivity index (χ3v) is 5.48. The second-order valence-electron chi connectivity index (χ2n) is 7.00. The van der Waals surface area contributed by atoms with Crippen molar-refractivity contribution in [2.45, 2.75) is 31.9 Å². The number of piperidine rings is 1. The molecule has 1 heterocycles. The van der Waals surface area contributed by atoms with E-state index in [1.54, 1.807) is 11.8 Å². The van der Waals surface area contributed by atoms with Crippen LogP contribution in [0.2, 0.25) is 0 Å². The summed E-state index contributed by atoms with van der Waals surface area (Å²) < 4.78 is 5.46. The first-order valence-corrected chi connectivity index (χ1v) is 9.28. The second kappa shape index (κ2) is 8.25. The number of likely N-dealkylation sites (tertiary alicyclic amines) is 1. The maximum atomic E-state index is 12.4. The minimum Gasteiger partial charge on any atom is -0.445 e. The Hall–Kier alpha value is -2.82. The molecule has 0 aliphatic carbocycles. The molecule has 0 unspecified atom stereocenters. The van der Waals surface area contributed by atoms with Crippen LogP contribution in [-0.4, -0.2) is 41.9 Å². The highest BCUT2D eigenvalue weighted by molar-refractivity contribution is 5.74. The highest BCUT2D eigenvalue weighted by Gasteiger charge is 2.42. The lowest BCUT2D eigenvalue weighted by Crippen LogP contribution is -2.54. The van der Waals surface area contributed by atoms with Crippen molar-refractivity contribution in [3.8, 4) is 0 Å². The van der Waals surface area contributed by atoms with Gasteiger partial charge >= 0.3 is 6.09 Å². The first-order valence-electron chi connectivity index (χ1n) is 9.28. The van der Waals surface area contributed by atoms with E-state index in [-0.39, 0.29) is 24.1 Å². The summed E-state index contributed by atoms with van der Waals surface area (Å²) in [5, 5.41) is 0. The van der Waals surface area contributed by atoms with E-state index in [2.05, 4.69) is 12.1 Å². The zero-order chi connectivity index (χ0) is 19.3. The van der Waals surface area contributed by atoms with Crippen molar-refractivity contribution in [1.29, 1.82) is 0 Å². The Kier molecular flexibility index (Phi) is 5.79. The molecule has 1 saturated heterocycles. The Balaban J connectivity index is 1.67. The summed E-state index contributed by atoms with van der Waals surface area (Å²) >= 11 is 0. The van der Waals surface area contributed by atoms with Crippen LogP contribution in [0.25, 0.3) is 0 Å². The SMILES string of the molecule is CC(=O)N(C)C1(c2ccccc2)CCN(C(=O)OCc2ccccc2)CC1. The Morgan fingerprint density at radius 3 is 2.11 bits per heavy atom. The molecule has 5 nitrogen and oxygen atoms in total. The zero-order valence-corrected chi connectivity index (χ0v) is 15.9. The lowest BCUT2D eigenvalue weighted by molar-refractivity contribution is -0.135. The van der Waals surface area contributed by atoms with Gasteiger partial charge in [0.25, 0.3) is 0 Å². The number of amides is 2. The van der Waals surface area contributed by atoms with Crippen LogP contribution in [0.15, 0.2) is 60.7 Å². The van der Waals surface area contributed by atoms with Crippen LogP contribution in [-0.2, 0) is 21.7 Å². The number of carbonyl (C=O) groups is 2. The summed E-state index contributed by atoms with van der Waals surface area (Å²) in [5.41, 5.74) is 1.70. The predicted molar refractivity (Wildman–Crippen MR) is 104 cm³/mol. The van der Waals surface area contributed by atoms with Gasteiger partial charge in [-0.1, -0.05) is 60.7 Å². The van der Waals surface area contributed by atoms with Gasteiger partial charge < -0.3 is 14.5 Å². The lowest BCUT2D eigenvalue weighted by atomic mass is 9.79. The molecule has 5 heteroatoms. The van der Waals surface area contributed by atoms with Gasteiger partial charge in [0.15, 0.2) is 0 Å². The molecule has 0 aromatic heterocycles. The van der Waals surface area contributed by atoms with Crippen molar-refractivity contribution in [3.05, 3.63) is 71.8 Å². The van der Waals surface area contributed by atoms with E-state index in [0.717, 1.165) is 11.1 Å². The minimum atomic E-state index is -0.386. The third-order valence-electron chi connectivity index (χ3n) is 5.48. The molecule has 1 aliphatic heterocycles. The molecule has 0 bridgehead atoms. The van der Waals surface area contributed by atoms with E-state index >= 15 is 0 Å². The standard InChI is InChI=1S/C22H26N2O3/c1-18(25)23(2)22(20-11-7-4-8-12-20)13-15-24(16-14-22)21(26)27-17-19-9-5-3-6-10-19/h3-12H,13-17H2,1-2H3. The van der Waals surface area contributed by atoms with Crippen LogP contribution in [0.4, 0.5) is 4.79 Å². The third kappa shape index (κ3) is 4.13. The summed E-state index contributed by atoms with van der Waals surface area (Å²) in [7, 11) is 1.85. The van der Waals surface area contributed by atoms with Gasteiger partial charge in [0.05, 0.1) is 5.54 Å². The summed E-state index contributed by atoms with van der Waals surface area (Å²) in [6.07, 6.45) is 1.08. The summed E-state index contributed by atoms with van der Waals surface area (Å²) in [6.45, 7) is 2.97. The Bertz CT molecular complexity index is 769. The molecule has 1 aliphatic rings. The van der Waals surface area contributed by atoms with Crippen LogP contribution < -0.4 is 0 Å². The topological polar surface area (TPSA) is 49.9 Å². The number of hydrogen-bond donors (Lipinski definition) is 0. The van der Waals surface area contributed by atoms with Crippen LogP contribution >= 0.6 is 0 Å². The molecule has 0 N–H and O–H groups in total. The van der Waals surface area contributed by atoms with E-state index in [0.29, 0.717) is 25.9 Å². The molecule has 3 rings (SSSR count). The maximum absolute atomic E-state index is 12.4. The highest BCUT2D eigenvalue weighted by atomic mass is 16.6. The smallest absolute Gasteiger partial charge is 0.410 e. The van der Waals surface area contributed by atoms with Gasteiger partial charge in [0, 0.05) is 27.1 Å². The fourth-order valence-electron chi connectivity index (χ4n) is 3.74. The van der Waals surface area contributed by atoms with Crippen LogP contribution in [0, 0.1) is 0 Å². The van der Waals surface area contributed by atoms with Gasteiger partial charge in [-0.2, -0.15) is 0 Å². The van der Waals surface area contributed by atoms with Crippen molar-refractivity contribution in [1.82, 2.24) is 9.80 Å². The fourth-order valence-corrected chi connectivity index (χ4v) is 3.74. The molecular weight excluding hydrogens is 340 g/mol. The van der Waals surface area contributed by atoms with Crippen molar-refractivity contribution >= 4 is 12.0 Å². The monoisotopic (exact) mass is 366 g/mol. The average molecular weight is 366 g/mol. The van der Waals surface area contributed by atoms with E-state index < -0.39 is 0 Å². The van der Waals surface area contributed by atoms with Crippen LogP contribution in [0.5, 0.6) is 0 Å². The molecule has 2 amide bonds. The van der Waals surface area contributed by atoms with Crippen molar-refractivity contribution in [3.63, 3.8) is 0 Å². The van der Waals surface area contributed by atoms with Gasteiger partial charge in [-0.3, -0.25) is 4.79 Å². The summed E-state index contributed by atoms with van der Waals surface area (Å²) in [4.78, 5) is 28.1. The predicted octanol–water partition coefficient (Wildman–Crippen LogP) is 3.79. The maximum Gasteiger partial charge on any atom is 0.410 e. The van der Waals surface area contributed by atoms with Gasteiger partial charge in [-0.25, -0.2) is 4.79 Å². The molecular formula is C22H26N2O3. The molecule has 142 valence electrons. The lowest BCUT2D eigenvalue weighted by Gasteiger charge is -2.47. The molecule has 0 atom stereocenters. The number of nitrogens with zero attached hydrogens (tertiary/aromatic N) is 2. The zero-order valence-electron chi connectivity index (χ0n) is 15.9. The van der Waals surface area contributed by atoms with Crippen molar-refractivity contribution < 1.29 is 14.3 Å². The van der Waals surface area contributed by atoms with E-state index in [4.69, 9.17) is 4.74 Å². The fraction of sp³-hybridized carbons (Fsp3) is 0.364. The Morgan fingerprint density at radius 1 is 1.00 bits per heavy atom. The average Bonchev–Trinajstić information content (AvgIpc) is 2.73. The largest absolute Gasteiger partial charge is 0.445 e. The number of benzene rings is 2.